The average Bonchev–Trinajstić information content (AvgIpc) is 2.16. The molecule has 0 amide bonds. The molecule has 0 heterocycles. The Kier molecular flexibility index (Phi) is 3.76. The molecule has 1 atom stereocenters. The summed E-state index contributed by atoms with van der Waals surface area (Å²) in [6.07, 6.45) is 1.96. The van der Waals surface area contributed by atoms with Crippen LogP contribution in [0.25, 0.3) is 0 Å². The van der Waals surface area contributed by atoms with Crippen molar-refractivity contribution in [2.75, 3.05) is 0 Å². The quantitative estimate of drug-likeness (QED) is 0.791. The number of hydrogen-bond donors (Lipinski definition) is 1. The molecule has 0 bridgehead atoms. The van der Waals surface area contributed by atoms with E-state index in [4.69, 9.17) is 17.3 Å². The predicted molar refractivity (Wildman–Crippen MR) is 58.0 cm³/mol. The van der Waals surface area contributed by atoms with Gasteiger partial charge in [-0.05, 0) is 36.1 Å². The predicted octanol–water partition coefficient (Wildman–Crippen LogP) is 3.31. The summed E-state index contributed by atoms with van der Waals surface area (Å²) in [5.41, 5.74) is 8.47. The van der Waals surface area contributed by atoms with Gasteiger partial charge in [0.05, 0.1) is 0 Å². The Morgan fingerprint density at radius 3 is 2.62 bits per heavy atom. The second-order valence-corrected chi connectivity index (χ2v) is 3.65. The summed E-state index contributed by atoms with van der Waals surface area (Å²) in [4.78, 5) is 0. The molecule has 0 spiro atoms. The molecule has 2 N–H and O–H groups in total. The highest BCUT2D eigenvalue weighted by molar-refractivity contribution is 6.30. The van der Waals surface area contributed by atoms with E-state index in [1.807, 2.05) is 18.2 Å². The molecular formula is C11H16ClN. The van der Waals surface area contributed by atoms with Crippen LogP contribution in [0.1, 0.15) is 37.4 Å². The largest absolute Gasteiger partial charge is 0.324 e. The molecular weight excluding hydrogens is 182 g/mol. The van der Waals surface area contributed by atoms with Crippen LogP contribution in [-0.2, 0) is 6.42 Å². The van der Waals surface area contributed by atoms with E-state index in [1.165, 1.54) is 11.1 Å². The van der Waals surface area contributed by atoms with Crippen LogP contribution in [-0.4, -0.2) is 0 Å². The summed E-state index contributed by atoms with van der Waals surface area (Å²) in [5.74, 6) is 0. The van der Waals surface area contributed by atoms with E-state index >= 15 is 0 Å². The van der Waals surface area contributed by atoms with Crippen LogP contribution in [0, 0.1) is 0 Å². The molecule has 0 aliphatic carbocycles. The Labute approximate surface area is 84.9 Å². The van der Waals surface area contributed by atoms with Gasteiger partial charge in [-0.15, -0.1) is 0 Å². The van der Waals surface area contributed by atoms with E-state index in [-0.39, 0.29) is 6.04 Å². The zero-order chi connectivity index (χ0) is 9.84. The number of halogens is 1. The van der Waals surface area contributed by atoms with Gasteiger partial charge in [0, 0.05) is 11.1 Å². The van der Waals surface area contributed by atoms with E-state index in [9.17, 15) is 0 Å². The first-order chi connectivity index (χ1) is 6.19. The molecule has 0 unspecified atom stereocenters. The van der Waals surface area contributed by atoms with Crippen molar-refractivity contribution in [1.29, 1.82) is 0 Å². The molecule has 0 aliphatic rings. The van der Waals surface area contributed by atoms with E-state index in [0.29, 0.717) is 0 Å². The third-order valence-electron chi connectivity index (χ3n) is 2.33. The van der Waals surface area contributed by atoms with Gasteiger partial charge < -0.3 is 5.73 Å². The van der Waals surface area contributed by atoms with Crippen molar-refractivity contribution < 1.29 is 0 Å². The molecule has 0 fully saturated rings. The van der Waals surface area contributed by atoms with Crippen molar-refractivity contribution in [2.45, 2.75) is 32.7 Å². The van der Waals surface area contributed by atoms with Gasteiger partial charge in [0.2, 0.25) is 0 Å². The maximum atomic E-state index is 5.98. The summed E-state index contributed by atoms with van der Waals surface area (Å²) in [6.45, 7) is 4.22. The smallest absolute Gasteiger partial charge is 0.0408 e. The van der Waals surface area contributed by atoms with Crippen LogP contribution in [0.4, 0.5) is 0 Å². The maximum Gasteiger partial charge on any atom is 0.0408 e. The minimum absolute atomic E-state index is 0.146. The summed E-state index contributed by atoms with van der Waals surface area (Å²) < 4.78 is 0. The standard InChI is InChI=1S/C11H16ClN/c1-3-8-7-9(12)5-6-10(8)11(13)4-2/h5-7,11H,3-4,13H2,1-2H3/t11-/m0/s1. The molecule has 0 aromatic heterocycles. The lowest BCUT2D eigenvalue weighted by atomic mass is 9.98. The second-order valence-electron chi connectivity index (χ2n) is 3.21. The van der Waals surface area contributed by atoms with Crippen LogP contribution in [0.15, 0.2) is 18.2 Å². The topological polar surface area (TPSA) is 26.0 Å². The molecule has 1 aromatic carbocycles. The number of rotatable bonds is 3. The Morgan fingerprint density at radius 1 is 1.38 bits per heavy atom. The minimum atomic E-state index is 0.146. The molecule has 1 nitrogen and oxygen atoms in total. The Balaban J connectivity index is 3.05. The molecule has 2 heteroatoms. The summed E-state index contributed by atoms with van der Waals surface area (Å²) in [7, 11) is 0. The summed E-state index contributed by atoms with van der Waals surface area (Å²) >= 11 is 5.90. The van der Waals surface area contributed by atoms with Crippen LogP contribution in [0.5, 0.6) is 0 Å². The molecule has 0 saturated heterocycles. The normalized spacial score (nSPS) is 12.9. The molecule has 13 heavy (non-hydrogen) atoms. The average molecular weight is 198 g/mol. The Morgan fingerprint density at radius 2 is 2.08 bits per heavy atom. The zero-order valence-corrected chi connectivity index (χ0v) is 8.93. The van der Waals surface area contributed by atoms with Gasteiger partial charge in [-0.25, -0.2) is 0 Å². The lowest BCUT2D eigenvalue weighted by molar-refractivity contribution is 0.690. The van der Waals surface area contributed by atoms with Gasteiger partial charge in [0.25, 0.3) is 0 Å². The van der Waals surface area contributed by atoms with Crippen molar-refractivity contribution >= 4 is 11.6 Å². The third-order valence-corrected chi connectivity index (χ3v) is 2.56. The fourth-order valence-corrected chi connectivity index (χ4v) is 1.66. The Bertz CT molecular complexity index is 283. The monoisotopic (exact) mass is 197 g/mol. The lowest BCUT2D eigenvalue weighted by Crippen LogP contribution is -2.10. The minimum Gasteiger partial charge on any atom is -0.324 e. The summed E-state index contributed by atoms with van der Waals surface area (Å²) in [5, 5.41) is 0.795. The Hall–Kier alpha value is -0.530. The van der Waals surface area contributed by atoms with Crippen LogP contribution in [0.3, 0.4) is 0 Å². The van der Waals surface area contributed by atoms with E-state index in [2.05, 4.69) is 13.8 Å². The first kappa shape index (κ1) is 10.6. The van der Waals surface area contributed by atoms with Crippen molar-refractivity contribution in [3.05, 3.63) is 34.3 Å². The van der Waals surface area contributed by atoms with Gasteiger partial charge in [-0.1, -0.05) is 31.5 Å². The first-order valence-corrected chi connectivity index (χ1v) is 5.10. The van der Waals surface area contributed by atoms with Gasteiger partial charge in [-0.2, -0.15) is 0 Å². The number of aryl methyl sites for hydroxylation is 1. The molecule has 1 rings (SSSR count). The van der Waals surface area contributed by atoms with Crippen molar-refractivity contribution in [3.8, 4) is 0 Å². The molecule has 0 aliphatic heterocycles. The van der Waals surface area contributed by atoms with Crippen LogP contribution in [0.2, 0.25) is 5.02 Å². The van der Waals surface area contributed by atoms with Crippen LogP contribution >= 0.6 is 11.6 Å². The molecule has 1 aromatic rings. The lowest BCUT2D eigenvalue weighted by Gasteiger charge is -2.14. The van der Waals surface area contributed by atoms with Crippen LogP contribution < -0.4 is 5.73 Å². The molecule has 0 saturated carbocycles. The van der Waals surface area contributed by atoms with Gasteiger partial charge >= 0.3 is 0 Å². The van der Waals surface area contributed by atoms with E-state index in [0.717, 1.165) is 17.9 Å². The fourth-order valence-electron chi connectivity index (χ4n) is 1.46. The first-order valence-electron chi connectivity index (χ1n) is 4.73. The zero-order valence-electron chi connectivity index (χ0n) is 8.18. The van der Waals surface area contributed by atoms with Crippen molar-refractivity contribution in [3.63, 3.8) is 0 Å². The molecule has 0 radical (unpaired) electrons. The van der Waals surface area contributed by atoms with Crippen molar-refractivity contribution in [2.24, 2.45) is 5.73 Å². The second kappa shape index (κ2) is 4.64. The highest BCUT2D eigenvalue weighted by Crippen LogP contribution is 2.22. The number of nitrogens with two attached hydrogens (primary N) is 1. The highest BCUT2D eigenvalue weighted by Gasteiger charge is 2.07. The number of benzene rings is 1. The van der Waals surface area contributed by atoms with E-state index < -0.39 is 0 Å². The highest BCUT2D eigenvalue weighted by atomic mass is 35.5. The van der Waals surface area contributed by atoms with Gasteiger partial charge in [0.1, 0.15) is 0 Å². The number of hydrogen-bond acceptors (Lipinski definition) is 1. The maximum absolute atomic E-state index is 5.98. The van der Waals surface area contributed by atoms with Crippen molar-refractivity contribution in [1.82, 2.24) is 0 Å². The van der Waals surface area contributed by atoms with Gasteiger partial charge in [-0.3, -0.25) is 0 Å². The fraction of sp³-hybridized carbons (Fsp3) is 0.455. The van der Waals surface area contributed by atoms with Gasteiger partial charge in [0.15, 0.2) is 0 Å². The summed E-state index contributed by atoms with van der Waals surface area (Å²) in [6, 6.07) is 6.10. The third kappa shape index (κ3) is 2.45. The van der Waals surface area contributed by atoms with E-state index in [1.54, 1.807) is 0 Å². The molecule has 72 valence electrons. The SMILES string of the molecule is CCc1cc(Cl)ccc1[C@@H](N)CC.